The summed E-state index contributed by atoms with van der Waals surface area (Å²) in [5.41, 5.74) is 0. The molecule has 0 spiro atoms. The predicted octanol–water partition coefficient (Wildman–Crippen LogP) is -1.05. The molecule has 7 nitrogen and oxygen atoms in total. The SMILES string of the molecule is N#CCNC(=O)CN1CCN(C(=O)[C@H]2CCCO2)CC1. The van der Waals surface area contributed by atoms with Crippen molar-refractivity contribution in [2.24, 2.45) is 0 Å². The Hall–Kier alpha value is -1.65. The molecule has 0 unspecified atom stereocenters. The number of piperazine rings is 1. The van der Waals surface area contributed by atoms with Gasteiger partial charge in [0.15, 0.2) is 0 Å². The highest BCUT2D eigenvalue weighted by atomic mass is 16.5. The molecule has 2 rings (SSSR count). The summed E-state index contributed by atoms with van der Waals surface area (Å²) in [4.78, 5) is 27.4. The van der Waals surface area contributed by atoms with Crippen molar-refractivity contribution in [1.29, 1.82) is 5.26 Å². The van der Waals surface area contributed by atoms with E-state index in [0.717, 1.165) is 12.8 Å². The molecule has 1 atom stereocenters. The van der Waals surface area contributed by atoms with Crippen LogP contribution in [-0.4, -0.2) is 73.6 Å². The normalized spacial score (nSPS) is 23.4. The minimum absolute atomic E-state index is 0.0380. The highest BCUT2D eigenvalue weighted by Crippen LogP contribution is 2.15. The highest BCUT2D eigenvalue weighted by molar-refractivity contribution is 5.81. The fraction of sp³-hybridized carbons (Fsp3) is 0.769. The zero-order valence-electron chi connectivity index (χ0n) is 11.5. The molecule has 2 saturated heterocycles. The Labute approximate surface area is 118 Å². The largest absolute Gasteiger partial charge is 0.368 e. The van der Waals surface area contributed by atoms with E-state index in [-0.39, 0.29) is 31.0 Å². The second-order valence-electron chi connectivity index (χ2n) is 5.04. The van der Waals surface area contributed by atoms with Crippen LogP contribution in [0.2, 0.25) is 0 Å². The van der Waals surface area contributed by atoms with Gasteiger partial charge in [-0.2, -0.15) is 5.26 Å². The lowest BCUT2D eigenvalue weighted by atomic mass is 10.2. The predicted molar refractivity (Wildman–Crippen MR) is 70.6 cm³/mol. The topological polar surface area (TPSA) is 85.7 Å². The molecule has 0 radical (unpaired) electrons. The minimum Gasteiger partial charge on any atom is -0.368 e. The Morgan fingerprint density at radius 3 is 2.65 bits per heavy atom. The van der Waals surface area contributed by atoms with Crippen molar-refractivity contribution >= 4 is 11.8 Å². The third-order valence-corrected chi connectivity index (χ3v) is 3.62. The molecule has 20 heavy (non-hydrogen) atoms. The minimum atomic E-state index is -0.263. The van der Waals surface area contributed by atoms with Gasteiger partial charge in [0.05, 0.1) is 12.6 Å². The first-order chi connectivity index (χ1) is 9.70. The third kappa shape index (κ3) is 3.92. The average molecular weight is 280 g/mol. The smallest absolute Gasteiger partial charge is 0.251 e. The lowest BCUT2D eigenvalue weighted by Crippen LogP contribution is -2.53. The maximum atomic E-state index is 12.1. The van der Waals surface area contributed by atoms with Crippen LogP contribution in [-0.2, 0) is 14.3 Å². The molecule has 2 aliphatic rings. The van der Waals surface area contributed by atoms with Crippen LogP contribution in [0.15, 0.2) is 0 Å². The molecule has 2 amide bonds. The number of rotatable bonds is 4. The molecule has 2 aliphatic heterocycles. The molecule has 0 saturated carbocycles. The molecule has 0 aromatic heterocycles. The van der Waals surface area contributed by atoms with Gasteiger partial charge in [-0.3, -0.25) is 14.5 Å². The molecule has 7 heteroatoms. The summed E-state index contributed by atoms with van der Waals surface area (Å²) in [6, 6.07) is 1.87. The van der Waals surface area contributed by atoms with Gasteiger partial charge in [0, 0.05) is 32.8 Å². The van der Waals surface area contributed by atoms with E-state index in [1.54, 1.807) is 0 Å². The number of nitrogens with zero attached hydrogens (tertiary/aromatic N) is 3. The van der Waals surface area contributed by atoms with Crippen LogP contribution < -0.4 is 5.32 Å². The maximum Gasteiger partial charge on any atom is 0.251 e. The average Bonchev–Trinajstić information content (AvgIpc) is 2.99. The second-order valence-corrected chi connectivity index (χ2v) is 5.04. The first-order valence-electron chi connectivity index (χ1n) is 6.97. The van der Waals surface area contributed by atoms with E-state index in [4.69, 9.17) is 10.00 Å². The zero-order valence-corrected chi connectivity index (χ0v) is 11.5. The summed E-state index contributed by atoms with van der Waals surface area (Å²) < 4.78 is 5.40. The molecule has 0 aromatic rings. The van der Waals surface area contributed by atoms with E-state index in [2.05, 4.69) is 5.32 Å². The van der Waals surface area contributed by atoms with E-state index < -0.39 is 0 Å². The Balaban J connectivity index is 1.70. The van der Waals surface area contributed by atoms with E-state index in [0.29, 0.717) is 32.8 Å². The lowest BCUT2D eigenvalue weighted by Gasteiger charge is -2.35. The van der Waals surface area contributed by atoms with Crippen molar-refractivity contribution in [3.8, 4) is 6.07 Å². The van der Waals surface area contributed by atoms with Crippen LogP contribution in [0.25, 0.3) is 0 Å². The first-order valence-corrected chi connectivity index (χ1v) is 6.97. The van der Waals surface area contributed by atoms with Crippen molar-refractivity contribution in [2.45, 2.75) is 18.9 Å². The van der Waals surface area contributed by atoms with Gasteiger partial charge >= 0.3 is 0 Å². The van der Waals surface area contributed by atoms with Crippen molar-refractivity contribution in [3.63, 3.8) is 0 Å². The Bertz CT molecular complexity index is 393. The molecule has 2 fully saturated rings. The number of carbonyl (C=O) groups is 2. The van der Waals surface area contributed by atoms with E-state index in [1.165, 1.54) is 0 Å². The van der Waals surface area contributed by atoms with Gasteiger partial charge in [-0.25, -0.2) is 0 Å². The molecule has 0 aromatic carbocycles. The summed E-state index contributed by atoms with van der Waals surface area (Å²) in [5.74, 6) is -0.0680. The summed E-state index contributed by atoms with van der Waals surface area (Å²) in [5, 5.41) is 10.9. The second kappa shape index (κ2) is 7.22. The Kier molecular flexibility index (Phi) is 5.32. The standard InChI is InChI=1S/C13H20N4O3/c14-3-4-15-12(18)10-16-5-7-17(8-6-16)13(19)11-2-1-9-20-11/h11H,1-2,4-10H2,(H,15,18)/t11-/m1/s1. The van der Waals surface area contributed by atoms with Crippen LogP contribution in [0.4, 0.5) is 0 Å². The Morgan fingerprint density at radius 2 is 2.05 bits per heavy atom. The fourth-order valence-electron chi connectivity index (χ4n) is 2.50. The number of amides is 2. The van der Waals surface area contributed by atoms with Gasteiger partial charge in [0.25, 0.3) is 5.91 Å². The summed E-state index contributed by atoms with van der Waals surface area (Å²) >= 11 is 0. The van der Waals surface area contributed by atoms with Crippen molar-refractivity contribution in [3.05, 3.63) is 0 Å². The van der Waals surface area contributed by atoms with Crippen molar-refractivity contribution in [1.82, 2.24) is 15.1 Å². The monoisotopic (exact) mass is 280 g/mol. The molecule has 0 aliphatic carbocycles. The first kappa shape index (κ1) is 14.8. The van der Waals surface area contributed by atoms with Gasteiger partial charge in [0.2, 0.25) is 5.91 Å². The van der Waals surface area contributed by atoms with Crippen LogP contribution in [0.1, 0.15) is 12.8 Å². The maximum absolute atomic E-state index is 12.1. The number of carbonyl (C=O) groups excluding carboxylic acids is 2. The van der Waals surface area contributed by atoms with Crippen LogP contribution in [0.5, 0.6) is 0 Å². The van der Waals surface area contributed by atoms with E-state index >= 15 is 0 Å². The van der Waals surface area contributed by atoms with E-state index in [9.17, 15) is 9.59 Å². The molecular weight excluding hydrogens is 260 g/mol. The van der Waals surface area contributed by atoms with Gasteiger partial charge < -0.3 is 15.0 Å². The van der Waals surface area contributed by atoms with Gasteiger partial charge in [-0.1, -0.05) is 0 Å². The number of nitriles is 1. The number of hydrogen-bond donors (Lipinski definition) is 1. The lowest BCUT2D eigenvalue weighted by molar-refractivity contribution is -0.142. The van der Waals surface area contributed by atoms with Gasteiger partial charge in [0.1, 0.15) is 12.6 Å². The van der Waals surface area contributed by atoms with Crippen LogP contribution in [0, 0.1) is 11.3 Å². The zero-order chi connectivity index (χ0) is 14.4. The highest BCUT2D eigenvalue weighted by Gasteiger charge is 2.30. The summed E-state index contributed by atoms with van der Waals surface area (Å²) in [7, 11) is 0. The Morgan fingerprint density at radius 1 is 1.30 bits per heavy atom. The molecule has 110 valence electrons. The van der Waals surface area contributed by atoms with Crippen LogP contribution in [0.3, 0.4) is 0 Å². The van der Waals surface area contributed by atoms with Crippen molar-refractivity contribution in [2.75, 3.05) is 45.9 Å². The fourth-order valence-corrected chi connectivity index (χ4v) is 2.50. The van der Waals surface area contributed by atoms with Crippen molar-refractivity contribution < 1.29 is 14.3 Å². The summed E-state index contributed by atoms with van der Waals surface area (Å²) in [6.45, 7) is 3.61. The number of hydrogen-bond acceptors (Lipinski definition) is 5. The van der Waals surface area contributed by atoms with Crippen LogP contribution >= 0.6 is 0 Å². The number of nitrogens with one attached hydrogen (secondary N) is 1. The van der Waals surface area contributed by atoms with E-state index in [1.807, 2.05) is 15.9 Å². The van der Waals surface area contributed by atoms with Gasteiger partial charge in [-0.15, -0.1) is 0 Å². The molecule has 1 N–H and O–H groups in total. The summed E-state index contributed by atoms with van der Waals surface area (Å²) in [6.07, 6.45) is 1.51. The molecule has 0 bridgehead atoms. The molecular formula is C13H20N4O3. The number of ether oxygens (including phenoxy) is 1. The molecule has 2 heterocycles. The van der Waals surface area contributed by atoms with Gasteiger partial charge in [-0.05, 0) is 12.8 Å². The quantitative estimate of drug-likeness (QED) is 0.664. The third-order valence-electron chi connectivity index (χ3n) is 3.62.